The van der Waals surface area contributed by atoms with E-state index >= 15 is 0 Å². The number of ether oxygens (including phenoxy) is 1. The molecule has 3 heteroatoms. The van der Waals surface area contributed by atoms with Gasteiger partial charge in [-0.25, -0.2) is 0 Å². The summed E-state index contributed by atoms with van der Waals surface area (Å²) in [6.07, 6.45) is 3.31. The van der Waals surface area contributed by atoms with Crippen molar-refractivity contribution in [3.63, 3.8) is 0 Å². The average Bonchev–Trinajstić information content (AvgIpc) is 3.04. The van der Waals surface area contributed by atoms with Crippen LogP contribution in [-0.2, 0) is 6.42 Å². The van der Waals surface area contributed by atoms with E-state index in [0.717, 1.165) is 38.1 Å². The predicted octanol–water partition coefficient (Wildman–Crippen LogP) is 1.63. The zero-order valence-corrected chi connectivity index (χ0v) is 10.8. The highest BCUT2D eigenvalue weighted by molar-refractivity contribution is 5.37. The van der Waals surface area contributed by atoms with E-state index in [9.17, 15) is 0 Å². The molecule has 1 saturated carbocycles. The number of nitrogens with two attached hydrogens (primary N) is 1. The van der Waals surface area contributed by atoms with Gasteiger partial charge in [0.1, 0.15) is 5.75 Å². The molecule has 3 N–H and O–H groups in total. The molecule has 0 unspecified atom stereocenters. The molecule has 3 nitrogen and oxygen atoms in total. The van der Waals surface area contributed by atoms with E-state index in [1.54, 1.807) is 7.11 Å². The average molecular weight is 234 g/mol. The van der Waals surface area contributed by atoms with Gasteiger partial charge in [-0.2, -0.15) is 0 Å². The maximum absolute atomic E-state index is 6.02. The zero-order valence-electron chi connectivity index (χ0n) is 10.8. The molecular weight excluding hydrogens is 212 g/mol. The molecule has 0 saturated heterocycles. The van der Waals surface area contributed by atoms with Crippen LogP contribution in [0.15, 0.2) is 18.2 Å². The Morgan fingerprint density at radius 2 is 2.18 bits per heavy atom. The third-order valence-corrected chi connectivity index (χ3v) is 3.38. The lowest BCUT2D eigenvalue weighted by Crippen LogP contribution is -2.36. The molecule has 0 bridgehead atoms. The second kappa shape index (κ2) is 5.07. The van der Waals surface area contributed by atoms with Gasteiger partial charge in [-0.05, 0) is 44.4 Å². The summed E-state index contributed by atoms with van der Waals surface area (Å²) in [5, 5.41) is 3.43. The maximum Gasteiger partial charge on any atom is 0.122 e. The number of hydrogen-bond acceptors (Lipinski definition) is 3. The fourth-order valence-electron chi connectivity index (χ4n) is 2.00. The first-order chi connectivity index (χ1) is 8.13. The van der Waals surface area contributed by atoms with Gasteiger partial charge in [0.25, 0.3) is 0 Å². The Bertz CT molecular complexity index is 386. The minimum Gasteiger partial charge on any atom is -0.496 e. The fraction of sp³-hybridized carbons (Fsp3) is 0.571. The molecule has 1 aliphatic rings. The molecule has 1 fully saturated rings. The quantitative estimate of drug-likeness (QED) is 0.735. The van der Waals surface area contributed by atoms with E-state index in [1.807, 2.05) is 6.07 Å². The van der Waals surface area contributed by atoms with Crippen LogP contribution in [0.3, 0.4) is 0 Å². The van der Waals surface area contributed by atoms with Gasteiger partial charge >= 0.3 is 0 Å². The largest absolute Gasteiger partial charge is 0.496 e. The molecule has 17 heavy (non-hydrogen) atoms. The first kappa shape index (κ1) is 12.4. The highest BCUT2D eigenvalue weighted by atomic mass is 16.5. The van der Waals surface area contributed by atoms with Crippen molar-refractivity contribution in [3.8, 4) is 5.75 Å². The Labute approximate surface area is 103 Å². The molecule has 0 atom stereocenters. The van der Waals surface area contributed by atoms with Crippen LogP contribution in [0.25, 0.3) is 0 Å². The van der Waals surface area contributed by atoms with Gasteiger partial charge in [-0.15, -0.1) is 0 Å². The van der Waals surface area contributed by atoms with Crippen LogP contribution >= 0.6 is 0 Å². The summed E-state index contributed by atoms with van der Waals surface area (Å²) in [6, 6.07) is 6.31. The van der Waals surface area contributed by atoms with Gasteiger partial charge in [-0.3, -0.25) is 0 Å². The summed E-state index contributed by atoms with van der Waals surface area (Å²) in [7, 11) is 1.72. The first-order valence-electron chi connectivity index (χ1n) is 6.26. The van der Waals surface area contributed by atoms with Crippen molar-refractivity contribution in [1.82, 2.24) is 5.32 Å². The first-order valence-corrected chi connectivity index (χ1v) is 6.26. The molecule has 0 radical (unpaired) electrons. The van der Waals surface area contributed by atoms with Crippen molar-refractivity contribution in [3.05, 3.63) is 29.3 Å². The standard InChI is InChI=1S/C14H22N2O/c1-11-3-4-13(17-2)12(9-11)5-8-16-10-14(15)6-7-14/h3-4,9,16H,5-8,10,15H2,1-2H3. The monoisotopic (exact) mass is 234 g/mol. The van der Waals surface area contributed by atoms with Crippen molar-refractivity contribution < 1.29 is 4.74 Å². The highest BCUT2D eigenvalue weighted by Crippen LogP contribution is 2.30. The second-order valence-electron chi connectivity index (χ2n) is 5.10. The number of benzene rings is 1. The molecule has 2 rings (SSSR count). The third-order valence-electron chi connectivity index (χ3n) is 3.38. The van der Waals surface area contributed by atoms with Crippen molar-refractivity contribution >= 4 is 0 Å². The summed E-state index contributed by atoms with van der Waals surface area (Å²) in [5.41, 5.74) is 8.65. The molecule has 0 spiro atoms. The minimum absolute atomic E-state index is 0.0939. The maximum atomic E-state index is 6.02. The van der Waals surface area contributed by atoms with E-state index in [1.165, 1.54) is 11.1 Å². The topological polar surface area (TPSA) is 47.3 Å². The lowest BCUT2D eigenvalue weighted by molar-refractivity contribution is 0.408. The van der Waals surface area contributed by atoms with E-state index in [2.05, 4.69) is 24.4 Å². The smallest absolute Gasteiger partial charge is 0.122 e. The number of rotatable bonds is 6. The molecule has 1 aromatic rings. The van der Waals surface area contributed by atoms with E-state index in [-0.39, 0.29) is 5.54 Å². The van der Waals surface area contributed by atoms with Gasteiger partial charge in [0.2, 0.25) is 0 Å². The van der Waals surface area contributed by atoms with E-state index in [0.29, 0.717) is 0 Å². The van der Waals surface area contributed by atoms with Crippen molar-refractivity contribution in [1.29, 1.82) is 0 Å². The number of nitrogens with one attached hydrogen (secondary N) is 1. The fourth-order valence-corrected chi connectivity index (χ4v) is 2.00. The summed E-state index contributed by atoms with van der Waals surface area (Å²) >= 11 is 0. The molecule has 0 amide bonds. The Kier molecular flexibility index (Phi) is 3.69. The van der Waals surface area contributed by atoms with Crippen molar-refractivity contribution in [2.45, 2.75) is 31.7 Å². The zero-order chi connectivity index (χ0) is 12.3. The van der Waals surface area contributed by atoms with E-state index in [4.69, 9.17) is 10.5 Å². The van der Waals surface area contributed by atoms with Crippen LogP contribution in [0.1, 0.15) is 24.0 Å². The number of methoxy groups -OCH3 is 1. The van der Waals surface area contributed by atoms with E-state index < -0.39 is 0 Å². The van der Waals surface area contributed by atoms with Crippen LogP contribution in [0.4, 0.5) is 0 Å². The Morgan fingerprint density at radius 1 is 1.41 bits per heavy atom. The molecule has 0 heterocycles. The Balaban J connectivity index is 1.82. The lowest BCUT2D eigenvalue weighted by atomic mass is 10.1. The van der Waals surface area contributed by atoms with Crippen LogP contribution in [0.5, 0.6) is 5.75 Å². The summed E-state index contributed by atoms with van der Waals surface area (Å²) in [6.45, 7) is 4.00. The van der Waals surface area contributed by atoms with Gasteiger partial charge in [0, 0.05) is 12.1 Å². The molecule has 94 valence electrons. The highest BCUT2D eigenvalue weighted by Gasteiger charge is 2.37. The predicted molar refractivity (Wildman–Crippen MR) is 70.5 cm³/mol. The third kappa shape index (κ3) is 3.45. The molecule has 0 aromatic heterocycles. The van der Waals surface area contributed by atoms with Crippen molar-refractivity contribution in [2.24, 2.45) is 5.73 Å². The van der Waals surface area contributed by atoms with Crippen LogP contribution in [-0.4, -0.2) is 25.7 Å². The van der Waals surface area contributed by atoms with Crippen LogP contribution in [0.2, 0.25) is 0 Å². The number of aryl methyl sites for hydroxylation is 1. The molecule has 1 aliphatic carbocycles. The Morgan fingerprint density at radius 3 is 2.82 bits per heavy atom. The van der Waals surface area contributed by atoms with Crippen molar-refractivity contribution in [2.75, 3.05) is 20.2 Å². The van der Waals surface area contributed by atoms with Gasteiger partial charge in [0.05, 0.1) is 7.11 Å². The summed E-state index contributed by atoms with van der Waals surface area (Å²) < 4.78 is 5.36. The second-order valence-corrected chi connectivity index (χ2v) is 5.10. The summed E-state index contributed by atoms with van der Waals surface area (Å²) in [4.78, 5) is 0. The normalized spacial score (nSPS) is 16.9. The van der Waals surface area contributed by atoms with Crippen LogP contribution < -0.4 is 15.8 Å². The molecule has 1 aromatic carbocycles. The number of hydrogen-bond donors (Lipinski definition) is 2. The van der Waals surface area contributed by atoms with Gasteiger partial charge in [0.15, 0.2) is 0 Å². The Hall–Kier alpha value is -1.06. The summed E-state index contributed by atoms with van der Waals surface area (Å²) in [5.74, 6) is 0.978. The lowest BCUT2D eigenvalue weighted by Gasteiger charge is -2.12. The molecular formula is C14H22N2O. The van der Waals surface area contributed by atoms with Crippen LogP contribution in [0, 0.1) is 6.92 Å². The minimum atomic E-state index is 0.0939. The van der Waals surface area contributed by atoms with Gasteiger partial charge < -0.3 is 15.8 Å². The SMILES string of the molecule is COc1ccc(C)cc1CCNCC1(N)CC1. The van der Waals surface area contributed by atoms with Gasteiger partial charge in [-0.1, -0.05) is 17.7 Å². The molecule has 0 aliphatic heterocycles.